The molecule has 2 radical (unpaired) electrons. The number of nitrogens with one attached hydrogen (secondary N) is 1. The van der Waals surface area contributed by atoms with Crippen molar-refractivity contribution in [2.45, 2.75) is 9.79 Å². The first-order chi connectivity index (χ1) is 6.93. The van der Waals surface area contributed by atoms with Crippen LogP contribution < -0.4 is 5.32 Å². The number of hydrogen-bond donors (Lipinski definition) is 1. The fourth-order valence-corrected chi connectivity index (χ4v) is 2.39. The highest BCUT2D eigenvalue weighted by Crippen LogP contribution is 2.43. The van der Waals surface area contributed by atoms with Gasteiger partial charge >= 0.3 is 0 Å². The van der Waals surface area contributed by atoms with Crippen molar-refractivity contribution in [2.75, 3.05) is 5.32 Å². The Morgan fingerprint density at radius 3 is 3.14 bits per heavy atom. The summed E-state index contributed by atoms with van der Waals surface area (Å²) in [5.41, 5.74) is 2.29. The molecule has 0 spiro atoms. The van der Waals surface area contributed by atoms with Gasteiger partial charge in [0.1, 0.15) is 0 Å². The lowest BCUT2D eigenvalue weighted by Crippen LogP contribution is -1.98. The Morgan fingerprint density at radius 2 is 2.14 bits per heavy atom. The van der Waals surface area contributed by atoms with Crippen molar-refractivity contribution >= 4 is 23.1 Å². The Morgan fingerprint density at radius 1 is 1.14 bits per heavy atom. The van der Waals surface area contributed by atoms with Gasteiger partial charge in [0.25, 0.3) is 0 Å². The normalized spacial score (nSPS) is 12.6. The maximum atomic E-state index is 3.37. The van der Waals surface area contributed by atoms with Gasteiger partial charge in [0.15, 0.2) is 0 Å². The average Bonchev–Trinajstić information content (AvgIpc) is 2.26. The van der Waals surface area contributed by atoms with Gasteiger partial charge in [-0.2, -0.15) is 0 Å². The number of fused-ring (bicyclic) bond motifs is 2. The van der Waals surface area contributed by atoms with E-state index in [4.69, 9.17) is 0 Å². The molecule has 2 aromatic carbocycles. The smallest absolute Gasteiger partial charge is 0.0532 e. The molecule has 1 aliphatic rings. The number of rotatable bonds is 0. The quantitative estimate of drug-likeness (QED) is 0.592. The lowest BCUT2D eigenvalue weighted by molar-refractivity contribution is 1.31. The van der Waals surface area contributed by atoms with Crippen LogP contribution in [-0.4, -0.2) is 0 Å². The number of benzene rings is 2. The van der Waals surface area contributed by atoms with E-state index in [2.05, 4.69) is 23.5 Å². The van der Waals surface area contributed by atoms with Crippen molar-refractivity contribution in [1.82, 2.24) is 0 Å². The first-order valence-corrected chi connectivity index (χ1v) is 5.21. The second-order valence-electron chi connectivity index (χ2n) is 3.06. The second kappa shape index (κ2) is 3.07. The second-order valence-corrected chi connectivity index (χ2v) is 4.11. The van der Waals surface area contributed by atoms with Crippen LogP contribution in [0.15, 0.2) is 46.2 Å². The molecule has 66 valence electrons. The molecule has 1 heterocycles. The SMILES string of the molecule is [c]1ccc2c(c1)Sc1[c]cccc1N2. The van der Waals surface area contributed by atoms with Crippen LogP contribution >= 0.6 is 11.8 Å². The van der Waals surface area contributed by atoms with Crippen molar-refractivity contribution in [1.29, 1.82) is 0 Å². The van der Waals surface area contributed by atoms with Crippen LogP contribution in [0, 0.1) is 12.1 Å². The van der Waals surface area contributed by atoms with Gasteiger partial charge < -0.3 is 5.32 Å². The lowest BCUT2D eigenvalue weighted by atomic mass is 10.2. The summed E-state index contributed by atoms with van der Waals surface area (Å²) in [4.78, 5) is 2.36. The molecule has 14 heavy (non-hydrogen) atoms. The highest BCUT2D eigenvalue weighted by Gasteiger charge is 2.13. The summed E-state index contributed by atoms with van der Waals surface area (Å²) in [6.45, 7) is 0. The van der Waals surface area contributed by atoms with E-state index in [-0.39, 0.29) is 0 Å². The van der Waals surface area contributed by atoms with Crippen molar-refractivity contribution in [3.05, 3.63) is 48.5 Å². The van der Waals surface area contributed by atoms with Crippen LogP contribution in [0.2, 0.25) is 0 Å². The molecule has 2 heteroatoms. The minimum atomic E-state index is 1.14. The maximum absolute atomic E-state index is 3.37. The van der Waals surface area contributed by atoms with Crippen molar-refractivity contribution < 1.29 is 0 Å². The van der Waals surface area contributed by atoms with Gasteiger partial charge in [0.05, 0.1) is 11.4 Å². The highest BCUT2D eigenvalue weighted by molar-refractivity contribution is 7.99. The van der Waals surface area contributed by atoms with E-state index in [0.717, 1.165) is 16.3 Å². The third kappa shape index (κ3) is 1.19. The van der Waals surface area contributed by atoms with Crippen LogP contribution in [0.5, 0.6) is 0 Å². The fourth-order valence-electron chi connectivity index (χ4n) is 1.46. The topological polar surface area (TPSA) is 12.0 Å². The molecule has 0 fully saturated rings. The summed E-state index contributed by atoms with van der Waals surface area (Å²) in [7, 11) is 0. The molecular formula is C12H7NS. The van der Waals surface area contributed by atoms with E-state index in [0.29, 0.717) is 0 Å². The molecule has 1 aliphatic heterocycles. The molecule has 1 N–H and O–H groups in total. The summed E-state index contributed by atoms with van der Waals surface area (Å²) >= 11 is 1.73. The highest BCUT2D eigenvalue weighted by atomic mass is 32.2. The summed E-state index contributed by atoms with van der Waals surface area (Å²) in [5.74, 6) is 0. The first-order valence-electron chi connectivity index (χ1n) is 4.39. The minimum Gasteiger partial charge on any atom is -0.354 e. The van der Waals surface area contributed by atoms with Gasteiger partial charge in [0.2, 0.25) is 0 Å². The first kappa shape index (κ1) is 7.94. The lowest BCUT2D eigenvalue weighted by Gasteiger charge is -2.19. The zero-order valence-corrected chi connectivity index (χ0v) is 8.19. The van der Waals surface area contributed by atoms with Gasteiger partial charge in [0, 0.05) is 9.79 Å². The van der Waals surface area contributed by atoms with Crippen LogP contribution in [0.25, 0.3) is 0 Å². The van der Waals surface area contributed by atoms with E-state index < -0.39 is 0 Å². The molecule has 0 amide bonds. The Kier molecular flexibility index (Phi) is 1.74. The molecule has 1 nitrogen and oxygen atoms in total. The van der Waals surface area contributed by atoms with Gasteiger partial charge in [-0.1, -0.05) is 30.0 Å². The van der Waals surface area contributed by atoms with Gasteiger partial charge in [-0.05, 0) is 30.3 Å². The maximum Gasteiger partial charge on any atom is 0.0532 e. The van der Waals surface area contributed by atoms with E-state index in [1.165, 1.54) is 4.90 Å². The van der Waals surface area contributed by atoms with Gasteiger partial charge in [-0.25, -0.2) is 0 Å². The van der Waals surface area contributed by atoms with Crippen LogP contribution in [0.1, 0.15) is 0 Å². The Bertz CT molecular complexity index is 392. The van der Waals surface area contributed by atoms with Crippen molar-refractivity contribution in [3.63, 3.8) is 0 Å². The molecule has 0 unspecified atom stereocenters. The minimum absolute atomic E-state index is 1.14. The van der Waals surface area contributed by atoms with E-state index >= 15 is 0 Å². The van der Waals surface area contributed by atoms with Crippen molar-refractivity contribution in [2.24, 2.45) is 0 Å². The zero-order chi connectivity index (χ0) is 9.38. The summed E-state index contributed by atoms with van der Waals surface area (Å²) < 4.78 is 0. The standard InChI is InChI=1S/C12H7NS/c1-3-7-11-9(5-1)13-10-6-2-4-8-12(10)14-11/h1-3,5-6,8,13H. The number of hydrogen-bond acceptors (Lipinski definition) is 2. The summed E-state index contributed by atoms with van der Waals surface area (Å²) in [6.07, 6.45) is 0. The largest absolute Gasteiger partial charge is 0.354 e. The molecule has 0 saturated heterocycles. The molecule has 0 bridgehead atoms. The van der Waals surface area contributed by atoms with Crippen LogP contribution in [-0.2, 0) is 0 Å². The monoisotopic (exact) mass is 197 g/mol. The third-order valence-electron chi connectivity index (χ3n) is 2.13. The summed E-state index contributed by atoms with van der Waals surface area (Å²) in [6, 6.07) is 18.2. The molecular weight excluding hydrogens is 190 g/mol. The molecule has 0 atom stereocenters. The van der Waals surface area contributed by atoms with Crippen LogP contribution in [0.4, 0.5) is 11.4 Å². The average molecular weight is 197 g/mol. The number of anilines is 2. The molecule has 0 aliphatic carbocycles. The molecule has 0 saturated carbocycles. The molecule has 2 aromatic rings. The Balaban J connectivity index is 2.12. The predicted molar refractivity (Wildman–Crippen MR) is 58.0 cm³/mol. The van der Waals surface area contributed by atoms with E-state index in [1.807, 2.05) is 30.3 Å². The van der Waals surface area contributed by atoms with Crippen molar-refractivity contribution in [3.8, 4) is 0 Å². The summed E-state index contributed by atoms with van der Waals surface area (Å²) in [5, 5.41) is 3.37. The third-order valence-corrected chi connectivity index (χ3v) is 3.23. The van der Waals surface area contributed by atoms with E-state index in [9.17, 15) is 0 Å². The van der Waals surface area contributed by atoms with E-state index in [1.54, 1.807) is 11.8 Å². The van der Waals surface area contributed by atoms with Crippen LogP contribution in [0.3, 0.4) is 0 Å². The Labute approximate surface area is 87.2 Å². The predicted octanol–water partition coefficient (Wildman–Crippen LogP) is 3.50. The van der Waals surface area contributed by atoms with Gasteiger partial charge in [-0.3, -0.25) is 0 Å². The Hall–Kier alpha value is -1.41. The van der Waals surface area contributed by atoms with Gasteiger partial charge in [-0.15, -0.1) is 0 Å². The molecule has 3 rings (SSSR count). The molecule has 0 aromatic heterocycles. The fraction of sp³-hybridized carbons (Fsp3) is 0. The zero-order valence-electron chi connectivity index (χ0n) is 7.37.